The van der Waals surface area contributed by atoms with Crippen LogP contribution in [0.2, 0.25) is 0 Å². The van der Waals surface area contributed by atoms with E-state index in [1.165, 1.54) is 13.2 Å². The predicted octanol–water partition coefficient (Wildman–Crippen LogP) is 3.23. The van der Waals surface area contributed by atoms with Gasteiger partial charge in [-0.15, -0.1) is 0 Å². The summed E-state index contributed by atoms with van der Waals surface area (Å²) < 4.78 is 10.4. The number of hydrogen-bond donors (Lipinski definition) is 0. The molecule has 0 spiro atoms. The Morgan fingerprint density at radius 2 is 2.00 bits per heavy atom. The summed E-state index contributed by atoms with van der Waals surface area (Å²) in [5.74, 6) is 0.143. The Morgan fingerprint density at radius 1 is 1.35 bits per heavy atom. The number of nitriles is 1. The molecule has 0 saturated heterocycles. The molecule has 0 heterocycles. The normalized spacial score (nSPS) is 11.2. The zero-order valence-electron chi connectivity index (χ0n) is 12.5. The zero-order valence-corrected chi connectivity index (χ0v) is 12.5. The molecule has 0 amide bonds. The third kappa shape index (κ3) is 4.43. The van der Waals surface area contributed by atoms with E-state index in [9.17, 15) is 4.79 Å². The first-order valence-electron chi connectivity index (χ1n) is 6.26. The van der Waals surface area contributed by atoms with E-state index in [0.717, 1.165) is 11.1 Å². The largest absolute Gasteiger partial charge is 0.496 e. The fraction of sp³-hybridized carbons (Fsp3) is 0.375. The first-order valence-corrected chi connectivity index (χ1v) is 6.26. The molecule has 4 nitrogen and oxygen atoms in total. The summed E-state index contributed by atoms with van der Waals surface area (Å²) in [7, 11) is 1.53. The fourth-order valence-corrected chi connectivity index (χ4v) is 1.70. The Bertz CT molecular complexity index is 575. The minimum absolute atomic E-state index is 0.414. The van der Waals surface area contributed by atoms with Gasteiger partial charge in [-0.05, 0) is 51.5 Å². The molecule has 0 saturated carbocycles. The van der Waals surface area contributed by atoms with Crippen LogP contribution in [0, 0.1) is 18.3 Å². The predicted molar refractivity (Wildman–Crippen MR) is 77.3 cm³/mol. The van der Waals surface area contributed by atoms with E-state index in [1.54, 1.807) is 18.2 Å². The summed E-state index contributed by atoms with van der Waals surface area (Å²) >= 11 is 0. The van der Waals surface area contributed by atoms with Crippen LogP contribution in [0.25, 0.3) is 6.08 Å². The molecule has 0 radical (unpaired) electrons. The van der Waals surface area contributed by atoms with Crippen LogP contribution in [0.3, 0.4) is 0 Å². The maximum Gasteiger partial charge on any atom is 0.331 e. The van der Waals surface area contributed by atoms with Crippen molar-refractivity contribution in [2.45, 2.75) is 33.3 Å². The number of rotatable bonds is 3. The molecule has 0 aliphatic carbocycles. The molecular weight excluding hydrogens is 254 g/mol. The highest BCUT2D eigenvalue weighted by molar-refractivity contribution is 5.88. The van der Waals surface area contributed by atoms with Gasteiger partial charge >= 0.3 is 5.97 Å². The third-order valence-corrected chi connectivity index (χ3v) is 2.49. The van der Waals surface area contributed by atoms with Gasteiger partial charge in [-0.3, -0.25) is 0 Å². The SMILES string of the molecule is COc1cc(C#N)cc(C)c1/C=C/C(=O)OC(C)(C)C. The second-order valence-corrected chi connectivity index (χ2v) is 5.39. The van der Waals surface area contributed by atoms with Crippen LogP contribution in [0.4, 0.5) is 0 Å². The van der Waals surface area contributed by atoms with Gasteiger partial charge in [0.15, 0.2) is 0 Å². The molecule has 0 aliphatic heterocycles. The molecular formula is C16H19NO3. The van der Waals surface area contributed by atoms with Gasteiger partial charge in [0, 0.05) is 11.6 Å². The van der Waals surface area contributed by atoms with Gasteiger partial charge in [-0.25, -0.2) is 4.79 Å². The van der Waals surface area contributed by atoms with Crippen molar-refractivity contribution in [3.63, 3.8) is 0 Å². The highest BCUT2D eigenvalue weighted by Gasteiger charge is 2.14. The number of esters is 1. The Hall–Kier alpha value is -2.28. The van der Waals surface area contributed by atoms with E-state index in [1.807, 2.05) is 27.7 Å². The van der Waals surface area contributed by atoms with Gasteiger partial charge in [0.05, 0.1) is 18.7 Å². The highest BCUT2D eigenvalue weighted by atomic mass is 16.6. The topological polar surface area (TPSA) is 59.3 Å². The Balaban J connectivity index is 3.04. The quantitative estimate of drug-likeness (QED) is 0.626. The molecule has 1 aromatic rings. The van der Waals surface area contributed by atoms with E-state index in [2.05, 4.69) is 6.07 Å². The van der Waals surface area contributed by atoms with E-state index in [4.69, 9.17) is 14.7 Å². The van der Waals surface area contributed by atoms with Crippen molar-refractivity contribution in [3.8, 4) is 11.8 Å². The standard InChI is InChI=1S/C16H19NO3/c1-11-8-12(10-17)9-14(19-5)13(11)6-7-15(18)20-16(2,3)4/h6-9H,1-5H3/b7-6+. The van der Waals surface area contributed by atoms with Gasteiger partial charge in [-0.2, -0.15) is 5.26 Å². The first kappa shape index (κ1) is 15.8. The lowest BCUT2D eigenvalue weighted by Crippen LogP contribution is -2.22. The minimum Gasteiger partial charge on any atom is -0.496 e. The number of nitrogens with zero attached hydrogens (tertiary/aromatic N) is 1. The number of aryl methyl sites for hydroxylation is 1. The Morgan fingerprint density at radius 3 is 2.50 bits per heavy atom. The van der Waals surface area contributed by atoms with Crippen molar-refractivity contribution >= 4 is 12.0 Å². The van der Waals surface area contributed by atoms with Crippen LogP contribution < -0.4 is 4.74 Å². The van der Waals surface area contributed by atoms with Gasteiger partial charge < -0.3 is 9.47 Å². The van der Waals surface area contributed by atoms with Crippen molar-refractivity contribution < 1.29 is 14.3 Å². The monoisotopic (exact) mass is 273 g/mol. The van der Waals surface area contributed by atoms with Gasteiger partial charge in [-0.1, -0.05) is 0 Å². The number of carbonyl (C=O) groups is 1. The van der Waals surface area contributed by atoms with E-state index in [0.29, 0.717) is 11.3 Å². The number of benzene rings is 1. The molecule has 1 rings (SSSR count). The number of methoxy groups -OCH3 is 1. The van der Waals surface area contributed by atoms with E-state index in [-0.39, 0.29) is 0 Å². The van der Waals surface area contributed by atoms with Crippen LogP contribution in [0.15, 0.2) is 18.2 Å². The number of carbonyl (C=O) groups excluding carboxylic acids is 1. The van der Waals surface area contributed by atoms with Crippen LogP contribution in [0.5, 0.6) is 5.75 Å². The van der Waals surface area contributed by atoms with Gasteiger partial charge in [0.2, 0.25) is 0 Å². The molecule has 106 valence electrons. The average Bonchev–Trinajstić information content (AvgIpc) is 2.34. The van der Waals surface area contributed by atoms with Crippen LogP contribution >= 0.6 is 0 Å². The van der Waals surface area contributed by atoms with Gasteiger partial charge in [0.25, 0.3) is 0 Å². The second-order valence-electron chi connectivity index (χ2n) is 5.39. The van der Waals surface area contributed by atoms with Crippen molar-refractivity contribution in [1.82, 2.24) is 0 Å². The summed E-state index contributed by atoms with van der Waals surface area (Å²) in [5, 5.41) is 8.92. The first-order chi connectivity index (χ1) is 9.26. The Kier molecular flexibility index (Phi) is 4.93. The lowest BCUT2D eigenvalue weighted by atomic mass is 10.0. The summed E-state index contributed by atoms with van der Waals surface area (Å²) in [6.45, 7) is 7.29. The molecule has 20 heavy (non-hydrogen) atoms. The maximum atomic E-state index is 11.7. The summed E-state index contributed by atoms with van der Waals surface area (Å²) in [5.41, 5.74) is 1.62. The van der Waals surface area contributed by atoms with Crippen molar-refractivity contribution in [1.29, 1.82) is 5.26 Å². The molecule has 0 N–H and O–H groups in total. The van der Waals surface area contributed by atoms with Crippen molar-refractivity contribution in [2.24, 2.45) is 0 Å². The fourth-order valence-electron chi connectivity index (χ4n) is 1.70. The molecule has 0 fully saturated rings. The van der Waals surface area contributed by atoms with Crippen LogP contribution in [0.1, 0.15) is 37.5 Å². The van der Waals surface area contributed by atoms with Crippen molar-refractivity contribution in [3.05, 3.63) is 34.9 Å². The van der Waals surface area contributed by atoms with Gasteiger partial charge in [0.1, 0.15) is 11.4 Å². The second kappa shape index (κ2) is 6.25. The molecule has 0 bridgehead atoms. The minimum atomic E-state index is -0.523. The number of hydrogen-bond acceptors (Lipinski definition) is 4. The lowest BCUT2D eigenvalue weighted by molar-refractivity contribution is -0.148. The summed E-state index contributed by atoms with van der Waals surface area (Å²) in [4.78, 5) is 11.7. The molecule has 0 aromatic heterocycles. The van der Waals surface area contributed by atoms with E-state index >= 15 is 0 Å². The van der Waals surface area contributed by atoms with E-state index < -0.39 is 11.6 Å². The smallest absolute Gasteiger partial charge is 0.331 e. The lowest BCUT2D eigenvalue weighted by Gasteiger charge is -2.18. The Labute approximate surface area is 119 Å². The summed E-state index contributed by atoms with van der Waals surface area (Å²) in [6, 6.07) is 5.46. The maximum absolute atomic E-state index is 11.7. The summed E-state index contributed by atoms with van der Waals surface area (Å²) in [6.07, 6.45) is 3.01. The number of ether oxygens (including phenoxy) is 2. The highest BCUT2D eigenvalue weighted by Crippen LogP contribution is 2.25. The molecule has 0 unspecified atom stereocenters. The van der Waals surface area contributed by atoms with Crippen LogP contribution in [-0.2, 0) is 9.53 Å². The third-order valence-electron chi connectivity index (χ3n) is 2.49. The van der Waals surface area contributed by atoms with Crippen LogP contribution in [-0.4, -0.2) is 18.7 Å². The molecule has 1 aromatic carbocycles. The van der Waals surface area contributed by atoms with Crippen molar-refractivity contribution in [2.75, 3.05) is 7.11 Å². The average molecular weight is 273 g/mol. The molecule has 0 atom stereocenters. The molecule has 0 aliphatic rings. The molecule has 4 heteroatoms. The zero-order chi connectivity index (χ0) is 15.3.